The first-order valence-electron chi connectivity index (χ1n) is 15.3. The first-order valence-corrected chi connectivity index (χ1v) is 15.3. The van der Waals surface area contributed by atoms with Crippen LogP contribution in [0.2, 0.25) is 0 Å². The van der Waals surface area contributed by atoms with Crippen LogP contribution in [0.5, 0.6) is 0 Å². The fourth-order valence-corrected chi connectivity index (χ4v) is 5.94. The van der Waals surface area contributed by atoms with E-state index in [1.54, 1.807) is 0 Å². The summed E-state index contributed by atoms with van der Waals surface area (Å²) in [5, 5.41) is 0. The van der Waals surface area contributed by atoms with Gasteiger partial charge >= 0.3 is 6.18 Å². The minimum absolute atomic E-state index is 0.136. The van der Waals surface area contributed by atoms with E-state index in [9.17, 15) is 13.2 Å². The van der Waals surface area contributed by atoms with E-state index in [-0.39, 0.29) is 12.8 Å². The molecular weight excluding hydrogens is 517 g/mol. The molecule has 2 aromatic rings. The number of benzene rings is 2. The van der Waals surface area contributed by atoms with Gasteiger partial charge in [0.15, 0.2) is 0 Å². The van der Waals surface area contributed by atoms with E-state index in [1.807, 2.05) is 12.1 Å². The van der Waals surface area contributed by atoms with Crippen LogP contribution in [0.1, 0.15) is 95.4 Å². The number of hydrogen-bond acceptors (Lipinski definition) is 2. The maximum absolute atomic E-state index is 13.0. The van der Waals surface area contributed by atoms with Gasteiger partial charge in [-0.25, -0.2) is 0 Å². The molecule has 2 saturated carbocycles. The maximum Gasteiger partial charge on any atom is 0.405 e. The van der Waals surface area contributed by atoms with Crippen molar-refractivity contribution >= 4 is 11.4 Å². The lowest BCUT2D eigenvalue weighted by molar-refractivity contribution is -0.168. The van der Waals surface area contributed by atoms with Gasteiger partial charge in [0, 0.05) is 53.1 Å². The molecular formula is C36H43F3N2. The van der Waals surface area contributed by atoms with Gasteiger partial charge in [0.25, 0.3) is 0 Å². The van der Waals surface area contributed by atoms with E-state index < -0.39 is 11.6 Å². The highest BCUT2D eigenvalue weighted by Crippen LogP contribution is 2.57. The minimum Gasteiger partial charge on any atom is -0.369 e. The second-order valence-electron chi connectivity index (χ2n) is 13.0. The Morgan fingerprint density at radius 3 is 1.56 bits per heavy atom. The largest absolute Gasteiger partial charge is 0.405 e. The highest BCUT2D eigenvalue weighted by atomic mass is 19.4. The number of alkyl halides is 3. The summed E-state index contributed by atoms with van der Waals surface area (Å²) >= 11 is 0. The molecule has 2 aromatic carbocycles. The average Bonchev–Trinajstić information content (AvgIpc) is 3.87. The molecule has 0 unspecified atom stereocenters. The molecule has 41 heavy (non-hydrogen) atoms. The lowest BCUT2D eigenvalue weighted by Crippen LogP contribution is -2.35. The van der Waals surface area contributed by atoms with Crippen molar-refractivity contribution in [2.75, 3.05) is 22.9 Å². The topological polar surface area (TPSA) is 6.48 Å². The van der Waals surface area contributed by atoms with E-state index in [2.05, 4.69) is 92.4 Å². The van der Waals surface area contributed by atoms with Crippen LogP contribution >= 0.6 is 0 Å². The Morgan fingerprint density at radius 2 is 1.17 bits per heavy atom. The standard InChI is InChI=1S/C18H20F3N.C18H23N/c1-13(2)22-12-4-6-15-14(5-3-7-16(15)22)8-9-17(10-11-17)18(19,20)21;1-14(2)19-13-5-7-16-15(6-4-8-17(16)19)9-10-18(3)11-12-18/h3,5,7,13H,4,6,10-12H2,1-2H3;4,6,8,14H,5,7,11-13H2,1-3H3. The summed E-state index contributed by atoms with van der Waals surface area (Å²) in [6.07, 6.45) is 2.95. The number of nitrogens with zero attached hydrogens (tertiary/aromatic N) is 2. The predicted molar refractivity (Wildman–Crippen MR) is 163 cm³/mol. The normalized spacial score (nSPS) is 19.6. The number of halogens is 3. The molecule has 6 rings (SSSR count). The smallest absolute Gasteiger partial charge is 0.369 e. The van der Waals surface area contributed by atoms with Crippen LogP contribution in [-0.4, -0.2) is 31.3 Å². The first kappa shape index (κ1) is 29.4. The van der Waals surface area contributed by atoms with Gasteiger partial charge in [0.1, 0.15) is 5.41 Å². The number of hydrogen-bond donors (Lipinski definition) is 0. The number of anilines is 2. The Morgan fingerprint density at radius 1 is 0.707 bits per heavy atom. The third-order valence-electron chi connectivity index (χ3n) is 9.05. The molecule has 4 aliphatic rings. The maximum atomic E-state index is 13.0. The number of rotatable bonds is 2. The molecule has 218 valence electrons. The average molecular weight is 561 g/mol. The van der Waals surface area contributed by atoms with Gasteiger partial charge in [-0.05, 0) is 121 Å². The van der Waals surface area contributed by atoms with Crippen molar-refractivity contribution in [2.45, 2.75) is 104 Å². The summed E-state index contributed by atoms with van der Waals surface area (Å²) in [5.74, 6) is 12.3. The Hall–Kier alpha value is -3.05. The molecule has 0 amide bonds. The Balaban J connectivity index is 0.000000166. The van der Waals surface area contributed by atoms with E-state index in [0.717, 1.165) is 36.2 Å². The molecule has 2 aliphatic carbocycles. The van der Waals surface area contributed by atoms with Crippen LogP contribution < -0.4 is 9.80 Å². The molecule has 0 N–H and O–H groups in total. The van der Waals surface area contributed by atoms with E-state index >= 15 is 0 Å². The van der Waals surface area contributed by atoms with Gasteiger partial charge in [0.2, 0.25) is 0 Å². The number of fused-ring (bicyclic) bond motifs is 2. The summed E-state index contributed by atoms with van der Waals surface area (Å²) in [5.41, 5.74) is 5.71. The lowest BCUT2D eigenvalue weighted by Gasteiger charge is -2.35. The summed E-state index contributed by atoms with van der Waals surface area (Å²) in [7, 11) is 0. The zero-order valence-electron chi connectivity index (χ0n) is 25.2. The zero-order chi connectivity index (χ0) is 29.4. The van der Waals surface area contributed by atoms with Gasteiger partial charge in [-0.2, -0.15) is 13.2 Å². The minimum atomic E-state index is -4.21. The highest BCUT2D eigenvalue weighted by Gasteiger charge is 2.62. The van der Waals surface area contributed by atoms with Crippen LogP contribution in [0.3, 0.4) is 0 Å². The van der Waals surface area contributed by atoms with Crippen molar-refractivity contribution in [3.8, 4) is 23.7 Å². The Labute approximate surface area is 244 Å². The van der Waals surface area contributed by atoms with Gasteiger partial charge in [-0.15, -0.1) is 0 Å². The van der Waals surface area contributed by atoms with Gasteiger partial charge < -0.3 is 9.80 Å². The molecule has 2 fully saturated rings. The second kappa shape index (κ2) is 11.3. The van der Waals surface area contributed by atoms with E-state index in [0.29, 0.717) is 17.5 Å². The molecule has 0 spiro atoms. The third kappa shape index (κ3) is 6.40. The van der Waals surface area contributed by atoms with Crippen molar-refractivity contribution in [1.29, 1.82) is 0 Å². The molecule has 0 saturated heterocycles. The van der Waals surface area contributed by atoms with Gasteiger partial charge in [0.05, 0.1) is 0 Å². The van der Waals surface area contributed by atoms with Crippen molar-refractivity contribution in [1.82, 2.24) is 0 Å². The summed E-state index contributed by atoms with van der Waals surface area (Å²) in [6.45, 7) is 13.3. The summed E-state index contributed by atoms with van der Waals surface area (Å²) in [4.78, 5) is 4.82. The van der Waals surface area contributed by atoms with Crippen molar-refractivity contribution in [3.63, 3.8) is 0 Å². The van der Waals surface area contributed by atoms with Crippen molar-refractivity contribution in [2.24, 2.45) is 10.8 Å². The molecule has 0 bridgehead atoms. The molecule has 0 atom stereocenters. The molecule has 5 heteroatoms. The zero-order valence-corrected chi connectivity index (χ0v) is 25.2. The van der Waals surface area contributed by atoms with Crippen LogP contribution in [0.15, 0.2) is 36.4 Å². The third-order valence-corrected chi connectivity index (χ3v) is 9.05. The van der Waals surface area contributed by atoms with E-state index in [1.165, 1.54) is 49.0 Å². The van der Waals surface area contributed by atoms with Crippen LogP contribution in [0.25, 0.3) is 0 Å². The van der Waals surface area contributed by atoms with Gasteiger partial charge in [-0.3, -0.25) is 0 Å². The quantitative estimate of drug-likeness (QED) is 0.340. The monoisotopic (exact) mass is 560 g/mol. The predicted octanol–water partition coefficient (Wildman–Crippen LogP) is 8.54. The first-order chi connectivity index (χ1) is 19.4. The van der Waals surface area contributed by atoms with Crippen molar-refractivity contribution in [3.05, 3.63) is 58.7 Å². The molecule has 0 aromatic heterocycles. The lowest BCUT2D eigenvalue weighted by atomic mass is 9.95. The molecule has 2 nitrogen and oxygen atoms in total. The van der Waals surface area contributed by atoms with Crippen LogP contribution in [0, 0.1) is 34.5 Å². The molecule has 0 radical (unpaired) electrons. The van der Waals surface area contributed by atoms with Crippen LogP contribution in [-0.2, 0) is 12.8 Å². The summed E-state index contributed by atoms with van der Waals surface area (Å²) < 4.78 is 39.0. The fraction of sp³-hybridized carbons (Fsp3) is 0.556. The fourth-order valence-electron chi connectivity index (χ4n) is 5.94. The van der Waals surface area contributed by atoms with Gasteiger partial charge in [-0.1, -0.05) is 35.8 Å². The second-order valence-corrected chi connectivity index (χ2v) is 13.0. The highest BCUT2D eigenvalue weighted by molar-refractivity contribution is 5.64. The summed E-state index contributed by atoms with van der Waals surface area (Å²) in [6, 6.07) is 13.4. The van der Waals surface area contributed by atoms with E-state index in [4.69, 9.17) is 0 Å². The van der Waals surface area contributed by atoms with Crippen LogP contribution in [0.4, 0.5) is 24.5 Å². The Kier molecular flexibility index (Phi) is 8.13. The van der Waals surface area contributed by atoms with Crippen molar-refractivity contribution < 1.29 is 13.2 Å². The Bertz CT molecular complexity index is 1390. The SMILES string of the molecule is CC(C)N1CCCc2c(C#CC3(C(F)(F)F)CC3)cccc21.CC(C)N1CCCc2c(C#CC3(C)CC3)cccc21. The molecule has 2 aliphatic heterocycles. The molecule has 2 heterocycles.